The van der Waals surface area contributed by atoms with Crippen LogP contribution in [0.15, 0.2) is 67.3 Å². The molecule has 6 nitrogen and oxygen atoms in total. The average molecular weight is 385 g/mol. The van der Waals surface area contributed by atoms with Crippen molar-refractivity contribution in [2.24, 2.45) is 5.92 Å². The molecule has 1 saturated heterocycles. The van der Waals surface area contributed by atoms with Crippen LogP contribution in [0.5, 0.6) is 0 Å². The third-order valence-corrected chi connectivity index (χ3v) is 5.83. The van der Waals surface area contributed by atoms with Crippen LogP contribution in [0, 0.1) is 5.92 Å². The first-order chi connectivity index (χ1) is 14.2. The van der Waals surface area contributed by atoms with Gasteiger partial charge in [-0.25, -0.2) is 4.98 Å². The van der Waals surface area contributed by atoms with Crippen molar-refractivity contribution in [2.75, 3.05) is 6.54 Å². The number of hydrogen-bond donors (Lipinski definition) is 1. The number of hydrogen-bond acceptors (Lipinski definition) is 3. The quantitative estimate of drug-likeness (QED) is 0.578. The third kappa shape index (κ3) is 3.31. The molecular formula is C23H23N5O. The van der Waals surface area contributed by atoms with Gasteiger partial charge in [-0.3, -0.25) is 9.89 Å². The van der Waals surface area contributed by atoms with Gasteiger partial charge in [0.25, 0.3) is 5.91 Å². The Balaban J connectivity index is 1.33. The molecule has 1 aliphatic heterocycles. The van der Waals surface area contributed by atoms with E-state index in [0.29, 0.717) is 5.92 Å². The van der Waals surface area contributed by atoms with Crippen molar-refractivity contribution in [3.63, 3.8) is 0 Å². The second-order valence-corrected chi connectivity index (χ2v) is 7.87. The Morgan fingerprint density at radius 2 is 2.03 bits per heavy atom. The molecule has 4 aromatic rings. The number of amides is 1. The maximum Gasteiger partial charge on any atom is 0.254 e. The van der Waals surface area contributed by atoms with E-state index >= 15 is 0 Å². The Hall–Kier alpha value is -3.41. The summed E-state index contributed by atoms with van der Waals surface area (Å²) in [5, 5.41) is 7.97. The number of aromatic amines is 1. The number of fused-ring (bicyclic) bond motifs is 1. The van der Waals surface area contributed by atoms with Crippen LogP contribution in [0.2, 0.25) is 0 Å². The number of carbonyl (C=O) groups excluding carboxylic acids is 1. The van der Waals surface area contributed by atoms with E-state index in [4.69, 9.17) is 4.98 Å². The molecule has 1 fully saturated rings. The molecule has 0 spiro atoms. The number of aromatic nitrogens is 4. The maximum atomic E-state index is 12.9. The van der Waals surface area contributed by atoms with Crippen molar-refractivity contribution in [3.8, 4) is 11.1 Å². The molecule has 6 heteroatoms. The molecular weight excluding hydrogens is 362 g/mol. The highest BCUT2D eigenvalue weighted by atomic mass is 16.2. The van der Waals surface area contributed by atoms with E-state index in [1.165, 1.54) is 0 Å². The number of H-pyrrole nitrogens is 1. The molecule has 1 aliphatic rings. The predicted octanol–water partition coefficient (Wildman–Crippen LogP) is 3.98. The molecule has 0 saturated carbocycles. The largest absolute Gasteiger partial charge is 0.336 e. The SMILES string of the molecule is C[C@@H]1C[C@@H](Cn2ccc3cc(-c4cn[nH]c4)cnc32)CN1C(=O)c1ccccc1. The summed E-state index contributed by atoms with van der Waals surface area (Å²) in [7, 11) is 0. The van der Waals surface area contributed by atoms with Crippen molar-refractivity contribution in [1.29, 1.82) is 0 Å². The Morgan fingerprint density at radius 3 is 2.83 bits per heavy atom. The lowest BCUT2D eigenvalue weighted by Gasteiger charge is -2.21. The van der Waals surface area contributed by atoms with Crippen LogP contribution in [-0.4, -0.2) is 43.1 Å². The first-order valence-corrected chi connectivity index (χ1v) is 9.99. The van der Waals surface area contributed by atoms with Crippen LogP contribution in [0.3, 0.4) is 0 Å². The normalized spacial score (nSPS) is 19.1. The van der Waals surface area contributed by atoms with Crippen LogP contribution in [0.4, 0.5) is 0 Å². The van der Waals surface area contributed by atoms with Gasteiger partial charge in [0.05, 0.1) is 6.20 Å². The number of nitrogens with one attached hydrogen (secondary N) is 1. The molecule has 0 aliphatic carbocycles. The standard InChI is InChI=1S/C23H23N5O/c1-16-9-17(15-28(16)23(29)18-5-3-2-4-6-18)14-27-8-7-19-10-20(11-24-22(19)27)21-12-25-26-13-21/h2-8,10-13,16-17H,9,14-15H2,1H3,(H,25,26)/t16-,17+/m1/s1. The molecule has 1 aromatic carbocycles. The molecule has 1 N–H and O–H groups in total. The Labute approximate surface area is 169 Å². The molecule has 29 heavy (non-hydrogen) atoms. The maximum absolute atomic E-state index is 12.9. The van der Waals surface area contributed by atoms with Gasteiger partial charge in [-0.2, -0.15) is 5.10 Å². The fourth-order valence-corrected chi connectivity index (χ4v) is 4.37. The summed E-state index contributed by atoms with van der Waals surface area (Å²) in [5.41, 5.74) is 3.84. The van der Waals surface area contributed by atoms with Crippen molar-refractivity contribution < 1.29 is 4.79 Å². The summed E-state index contributed by atoms with van der Waals surface area (Å²) in [4.78, 5) is 19.6. The summed E-state index contributed by atoms with van der Waals surface area (Å²) in [6.45, 7) is 3.79. The number of pyridine rings is 1. The van der Waals surface area contributed by atoms with Crippen LogP contribution < -0.4 is 0 Å². The third-order valence-electron chi connectivity index (χ3n) is 5.83. The minimum Gasteiger partial charge on any atom is -0.336 e. The topological polar surface area (TPSA) is 66.8 Å². The van der Waals surface area contributed by atoms with Crippen LogP contribution in [0.1, 0.15) is 23.7 Å². The highest BCUT2D eigenvalue weighted by molar-refractivity contribution is 5.94. The van der Waals surface area contributed by atoms with Gasteiger partial charge >= 0.3 is 0 Å². The minimum atomic E-state index is 0.126. The van der Waals surface area contributed by atoms with E-state index in [2.05, 4.69) is 40.0 Å². The van der Waals surface area contributed by atoms with Gasteiger partial charge in [0.2, 0.25) is 0 Å². The molecule has 0 unspecified atom stereocenters. The minimum absolute atomic E-state index is 0.126. The lowest BCUT2D eigenvalue weighted by molar-refractivity contribution is 0.0742. The zero-order chi connectivity index (χ0) is 19.8. The Morgan fingerprint density at radius 1 is 1.17 bits per heavy atom. The van der Waals surface area contributed by atoms with Gasteiger partial charge in [-0.05, 0) is 43.5 Å². The Bertz CT molecular complexity index is 1130. The fraction of sp³-hybridized carbons (Fsp3) is 0.261. The molecule has 0 radical (unpaired) electrons. The smallest absolute Gasteiger partial charge is 0.254 e. The second-order valence-electron chi connectivity index (χ2n) is 7.87. The van der Waals surface area contributed by atoms with E-state index < -0.39 is 0 Å². The van der Waals surface area contributed by atoms with Gasteiger partial charge in [0, 0.05) is 59.8 Å². The number of likely N-dealkylation sites (tertiary alicyclic amines) is 1. The molecule has 146 valence electrons. The summed E-state index contributed by atoms with van der Waals surface area (Å²) >= 11 is 0. The monoisotopic (exact) mass is 385 g/mol. The van der Waals surface area contributed by atoms with Gasteiger partial charge in [0.15, 0.2) is 0 Å². The molecule has 0 bridgehead atoms. The summed E-state index contributed by atoms with van der Waals surface area (Å²) < 4.78 is 2.21. The first-order valence-electron chi connectivity index (χ1n) is 9.99. The van der Waals surface area contributed by atoms with Crippen molar-refractivity contribution >= 4 is 16.9 Å². The Kier molecular flexibility index (Phi) is 4.39. The van der Waals surface area contributed by atoms with Crippen molar-refractivity contribution in [3.05, 3.63) is 72.8 Å². The molecule has 2 atom stereocenters. The highest BCUT2D eigenvalue weighted by Gasteiger charge is 2.33. The molecule has 1 amide bonds. The van der Waals surface area contributed by atoms with Gasteiger partial charge in [-0.15, -0.1) is 0 Å². The number of nitrogens with zero attached hydrogens (tertiary/aromatic N) is 4. The van der Waals surface area contributed by atoms with Gasteiger partial charge < -0.3 is 9.47 Å². The van der Waals surface area contributed by atoms with Crippen molar-refractivity contribution in [2.45, 2.75) is 25.9 Å². The average Bonchev–Trinajstić information content (AvgIpc) is 3.49. The number of carbonyl (C=O) groups is 1. The van der Waals surface area contributed by atoms with Crippen LogP contribution >= 0.6 is 0 Å². The van der Waals surface area contributed by atoms with E-state index in [0.717, 1.165) is 47.2 Å². The summed E-state index contributed by atoms with van der Waals surface area (Å²) in [6, 6.07) is 14.1. The van der Waals surface area contributed by atoms with Gasteiger partial charge in [-0.1, -0.05) is 18.2 Å². The van der Waals surface area contributed by atoms with Crippen molar-refractivity contribution in [1.82, 2.24) is 24.6 Å². The zero-order valence-corrected chi connectivity index (χ0v) is 16.3. The van der Waals surface area contributed by atoms with E-state index in [1.54, 1.807) is 6.20 Å². The van der Waals surface area contributed by atoms with Gasteiger partial charge in [0.1, 0.15) is 5.65 Å². The lowest BCUT2D eigenvalue weighted by Crippen LogP contribution is -2.34. The number of rotatable bonds is 4. The summed E-state index contributed by atoms with van der Waals surface area (Å²) in [5.74, 6) is 0.546. The predicted molar refractivity (Wildman–Crippen MR) is 112 cm³/mol. The van der Waals surface area contributed by atoms with Crippen LogP contribution in [0.25, 0.3) is 22.2 Å². The fourth-order valence-electron chi connectivity index (χ4n) is 4.37. The highest BCUT2D eigenvalue weighted by Crippen LogP contribution is 2.28. The number of benzene rings is 1. The second kappa shape index (κ2) is 7.20. The first kappa shape index (κ1) is 17.7. The molecule has 5 rings (SSSR count). The van der Waals surface area contributed by atoms with E-state index in [-0.39, 0.29) is 11.9 Å². The van der Waals surface area contributed by atoms with Crippen LogP contribution in [-0.2, 0) is 6.54 Å². The zero-order valence-electron chi connectivity index (χ0n) is 16.3. The summed E-state index contributed by atoms with van der Waals surface area (Å²) in [6.07, 6.45) is 8.68. The molecule has 3 aromatic heterocycles. The lowest BCUT2D eigenvalue weighted by atomic mass is 10.1. The molecule has 4 heterocycles. The van der Waals surface area contributed by atoms with E-state index in [9.17, 15) is 4.79 Å². The van der Waals surface area contributed by atoms with E-state index in [1.807, 2.05) is 47.6 Å².